The van der Waals surface area contributed by atoms with Gasteiger partial charge in [0.2, 0.25) is 0 Å². The minimum absolute atomic E-state index is 0.000894. The van der Waals surface area contributed by atoms with Crippen LogP contribution in [0.2, 0.25) is 0 Å². The van der Waals surface area contributed by atoms with Gasteiger partial charge in [-0.15, -0.1) is 5.10 Å². The van der Waals surface area contributed by atoms with Gasteiger partial charge in [0.15, 0.2) is 5.03 Å². The molecule has 0 atom stereocenters. The number of sulfonamides is 1. The van der Waals surface area contributed by atoms with E-state index in [1.165, 1.54) is 10.9 Å². The van der Waals surface area contributed by atoms with Gasteiger partial charge in [0, 0.05) is 12.3 Å². The van der Waals surface area contributed by atoms with Crippen molar-refractivity contribution < 1.29 is 13.5 Å². The van der Waals surface area contributed by atoms with E-state index in [4.69, 9.17) is 5.11 Å². The third-order valence-electron chi connectivity index (χ3n) is 3.37. The Labute approximate surface area is 139 Å². The van der Waals surface area contributed by atoms with Crippen LogP contribution in [0.15, 0.2) is 65.8 Å². The number of hydrogen-bond acceptors (Lipinski definition) is 5. The second kappa shape index (κ2) is 6.81. The van der Waals surface area contributed by atoms with Crippen LogP contribution in [0.3, 0.4) is 0 Å². The third-order valence-corrected chi connectivity index (χ3v) is 4.71. The fourth-order valence-corrected chi connectivity index (χ4v) is 3.38. The summed E-state index contributed by atoms with van der Waals surface area (Å²) in [6.07, 6.45) is 1.66. The molecule has 0 unspecified atom stereocenters. The number of aliphatic hydroxyl groups excluding tert-OH is 1. The smallest absolute Gasteiger partial charge is 0.281 e. The zero-order valence-electron chi connectivity index (χ0n) is 12.7. The van der Waals surface area contributed by atoms with Crippen LogP contribution in [-0.2, 0) is 16.4 Å². The highest BCUT2D eigenvalue weighted by Gasteiger charge is 2.21. The molecule has 0 saturated heterocycles. The molecule has 0 amide bonds. The Bertz CT molecular complexity index is 923. The summed E-state index contributed by atoms with van der Waals surface area (Å²) in [7, 11) is -3.86. The molecule has 0 fully saturated rings. The van der Waals surface area contributed by atoms with Crippen LogP contribution in [0, 0.1) is 0 Å². The van der Waals surface area contributed by atoms with Crippen molar-refractivity contribution in [2.75, 3.05) is 11.3 Å². The van der Waals surface area contributed by atoms with Gasteiger partial charge in [0.1, 0.15) is 0 Å². The molecule has 1 heterocycles. The second-order valence-corrected chi connectivity index (χ2v) is 6.73. The van der Waals surface area contributed by atoms with E-state index in [9.17, 15) is 8.42 Å². The lowest BCUT2D eigenvalue weighted by molar-refractivity contribution is 0.299. The van der Waals surface area contributed by atoms with E-state index in [0.29, 0.717) is 17.8 Å². The molecule has 2 aromatic carbocycles. The number of benzene rings is 2. The summed E-state index contributed by atoms with van der Waals surface area (Å²) < 4.78 is 29.1. The summed E-state index contributed by atoms with van der Waals surface area (Å²) >= 11 is 0. The van der Waals surface area contributed by atoms with Gasteiger partial charge < -0.3 is 5.11 Å². The lowest BCUT2D eigenvalue weighted by Gasteiger charge is -2.10. The molecule has 1 aromatic heterocycles. The lowest BCUT2D eigenvalue weighted by atomic mass is 10.1. The first kappa shape index (κ1) is 16.2. The molecule has 24 heavy (non-hydrogen) atoms. The molecular weight excluding hydrogens is 328 g/mol. The maximum absolute atomic E-state index is 12.7. The van der Waals surface area contributed by atoms with Crippen molar-refractivity contribution >= 4 is 15.7 Å². The number of aliphatic hydroxyl groups is 1. The van der Waals surface area contributed by atoms with E-state index in [-0.39, 0.29) is 11.6 Å². The SMILES string of the molecule is O=S(=O)(Nc1cccc(CCO)c1)c1cnnn1-c1ccccc1. The summed E-state index contributed by atoms with van der Waals surface area (Å²) in [5.74, 6) is 0. The van der Waals surface area contributed by atoms with Gasteiger partial charge in [-0.3, -0.25) is 4.72 Å². The minimum Gasteiger partial charge on any atom is -0.396 e. The molecule has 7 nitrogen and oxygen atoms in total. The molecule has 0 radical (unpaired) electrons. The molecule has 8 heteroatoms. The van der Waals surface area contributed by atoms with Gasteiger partial charge >= 0.3 is 0 Å². The number of para-hydroxylation sites is 1. The van der Waals surface area contributed by atoms with E-state index >= 15 is 0 Å². The molecule has 0 spiro atoms. The predicted octanol–water partition coefficient (Wildman–Crippen LogP) is 1.60. The van der Waals surface area contributed by atoms with E-state index < -0.39 is 10.0 Å². The number of hydrogen-bond donors (Lipinski definition) is 2. The van der Waals surface area contributed by atoms with Crippen molar-refractivity contribution in [3.8, 4) is 5.69 Å². The fraction of sp³-hybridized carbons (Fsp3) is 0.125. The lowest BCUT2D eigenvalue weighted by Crippen LogP contribution is -2.17. The van der Waals surface area contributed by atoms with Crippen LogP contribution in [0.5, 0.6) is 0 Å². The maximum Gasteiger partial charge on any atom is 0.281 e. The molecule has 124 valence electrons. The van der Waals surface area contributed by atoms with Gasteiger partial charge in [0.05, 0.1) is 11.9 Å². The van der Waals surface area contributed by atoms with Gasteiger partial charge in [-0.1, -0.05) is 35.5 Å². The van der Waals surface area contributed by atoms with Crippen LogP contribution in [0.4, 0.5) is 5.69 Å². The Hall–Kier alpha value is -2.71. The fourth-order valence-electron chi connectivity index (χ4n) is 2.28. The Kier molecular flexibility index (Phi) is 4.59. The first-order valence-corrected chi connectivity index (χ1v) is 8.77. The van der Waals surface area contributed by atoms with E-state index in [1.54, 1.807) is 42.5 Å². The normalized spacial score (nSPS) is 11.4. The molecule has 0 bridgehead atoms. The molecule has 3 aromatic rings. The monoisotopic (exact) mass is 344 g/mol. The van der Waals surface area contributed by atoms with Gasteiger partial charge in [-0.2, -0.15) is 13.1 Å². The Morgan fingerprint density at radius 2 is 1.88 bits per heavy atom. The van der Waals surface area contributed by atoms with Crippen LogP contribution < -0.4 is 4.72 Å². The Morgan fingerprint density at radius 3 is 2.62 bits per heavy atom. The zero-order chi connectivity index (χ0) is 17.0. The van der Waals surface area contributed by atoms with Crippen molar-refractivity contribution in [2.24, 2.45) is 0 Å². The number of nitrogens with one attached hydrogen (secondary N) is 1. The maximum atomic E-state index is 12.7. The largest absolute Gasteiger partial charge is 0.396 e. The van der Waals surface area contributed by atoms with Crippen molar-refractivity contribution in [1.82, 2.24) is 15.0 Å². The summed E-state index contributed by atoms with van der Waals surface area (Å²) in [5.41, 5.74) is 1.86. The standard InChI is InChI=1S/C16H16N4O3S/c21-10-9-13-5-4-6-14(11-13)18-24(22,23)16-12-17-19-20(16)15-7-2-1-3-8-15/h1-8,11-12,18,21H,9-10H2. The first-order chi connectivity index (χ1) is 11.6. The van der Waals surface area contributed by atoms with Gasteiger partial charge in [0.25, 0.3) is 10.0 Å². The summed E-state index contributed by atoms with van der Waals surface area (Å²) in [6.45, 7) is 0.000894. The molecular formula is C16H16N4O3S. The van der Waals surface area contributed by atoms with Gasteiger partial charge in [-0.05, 0) is 36.2 Å². The first-order valence-electron chi connectivity index (χ1n) is 7.29. The topological polar surface area (TPSA) is 97.1 Å². The van der Waals surface area contributed by atoms with Crippen LogP contribution in [-0.4, -0.2) is 35.1 Å². The zero-order valence-corrected chi connectivity index (χ0v) is 13.5. The van der Waals surface area contributed by atoms with E-state index in [0.717, 1.165) is 5.56 Å². The van der Waals surface area contributed by atoms with Crippen LogP contribution >= 0.6 is 0 Å². The highest BCUT2D eigenvalue weighted by molar-refractivity contribution is 7.92. The number of nitrogens with zero attached hydrogens (tertiary/aromatic N) is 3. The second-order valence-electron chi connectivity index (χ2n) is 5.10. The van der Waals surface area contributed by atoms with Crippen LogP contribution in [0.25, 0.3) is 5.69 Å². The Balaban J connectivity index is 1.92. The van der Waals surface area contributed by atoms with E-state index in [1.807, 2.05) is 12.1 Å². The molecule has 2 N–H and O–H groups in total. The quantitative estimate of drug-likeness (QED) is 0.708. The third kappa shape index (κ3) is 3.44. The minimum atomic E-state index is -3.86. The predicted molar refractivity (Wildman–Crippen MR) is 89.4 cm³/mol. The average molecular weight is 344 g/mol. The van der Waals surface area contributed by atoms with E-state index in [2.05, 4.69) is 15.0 Å². The van der Waals surface area contributed by atoms with Crippen molar-refractivity contribution in [3.05, 3.63) is 66.4 Å². The van der Waals surface area contributed by atoms with Crippen molar-refractivity contribution in [2.45, 2.75) is 11.4 Å². The van der Waals surface area contributed by atoms with Gasteiger partial charge in [-0.25, -0.2) is 0 Å². The molecule has 0 aliphatic rings. The molecule has 0 aliphatic heterocycles. The van der Waals surface area contributed by atoms with Crippen molar-refractivity contribution in [1.29, 1.82) is 0 Å². The van der Waals surface area contributed by atoms with Crippen LogP contribution in [0.1, 0.15) is 5.56 Å². The number of aromatic nitrogens is 3. The summed E-state index contributed by atoms with van der Waals surface area (Å²) in [6, 6.07) is 15.8. The Morgan fingerprint density at radius 1 is 1.08 bits per heavy atom. The van der Waals surface area contributed by atoms with Crippen molar-refractivity contribution in [3.63, 3.8) is 0 Å². The summed E-state index contributed by atoms with van der Waals surface area (Å²) in [5, 5.41) is 16.5. The molecule has 3 rings (SSSR count). The highest BCUT2D eigenvalue weighted by atomic mass is 32.2. The number of rotatable bonds is 6. The summed E-state index contributed by atoms with van der Waals surface area (Å²) in [4.78, 5) is 0. The molecule has 0 aliphatic carbocycles. The molecule has 0 saturated carbocycles. The number of anilines is 1. The highest BCUT2D eigenvalue weighted by Crippen LogP contribution is 2.19. The average Bonchev–Trinajstić information content (AvgIpc) is 3.07.